The Morgan fingerprint density at radius 1 is 1.24 bits per heavy atom. The van der Waals surface area contributed by atoms with E-state index in [9.17, 15) is 4.79 Å². The van der Waals surface area contributed by atoms with E-state index in [1.54, 1.807) is 0 Å². The van der Waals surface area contributed by atoms with Crippen molar-refractivity contribution < 1.29 is 9.53 Å². The smallest absolute Gasteiger partial charge is 0.337 e. The van der Waals surface area contributed by atoms with Crippen LogP contribution in [0.5, 0.6) is 0 Å². The molecule has 3 rings (SSSR count). The quantitative estimate of drug-likeness (QED) is 0.798. The van der Waals surface area contributed by atoms with Crippen LogP contribution in [0.1, 0.15) is 35.7 Å². The van der Waals surface area contributed by atoms with Gasteiger partial charge in [0.15, 0.2) is 0 Å². The maximum absolute atomic E-state index is 11.5. The van der Waals surface area contributed by atoms with Crippen molar-refractivity contribution in [2.75, 3.05) is 26.7 Å². The lowest BCUT2D eigenvalue weighted by molar-refractivity contribution is 0.0470. The molecule has 1 aromatic carbocycles. The minimum absolute atomic E-state index is 0.269. The molecule has 4 nitrogen and oxygen atoms in total. The van der Waals surface area contributed by atoms with Gasteiger partial charge in [0, 0.05) is 31.7 Å². The molecule has 2 heterocycles. The first-order valence-electron chi connectivity index (χ1n) is 7.84. The molecule has 4 heteroatoms. The van der Waals surface area contributed by atoms with Gasteiger partial charge >= 0.3 is 5.97 Å². The van der Waals surface area contributed by atoms with Crippen LogP contribution < -0.4 is 0 Å². The van der Waals surface area contributed by atoms with Crippen molar-refractivity contribution in [3.63, 3.8) is 0 Å². The number of carbonyl (C=O) groups excluding carboxylic acids is 1. The van der Waals surface area contributed by atoms with E-state index >= 15 is 0 Å². The number of hydrogen-bond donors (Lipinski definition) is 0. The van der Waals surface area contributed by atoms with E-state index in [1.165, 1.54) is 38.6 Å². The van der Waals surface area contributed by atoms with Crippen molar-refractivity contribution >= 4 is 5.97 Å². The first-order chi connectivity index (χ1) is 10.2. The van der Waals surface area contributed by atoms with Crippen molar-refractivity contribution in [3.05, 3.63) is 35.4 Å². The molecule has 114 valence electrons. The summed E-state index contributed by atoms with van der Waals surface area (Å²) in [7, 11) is 1.42. The maximum Gasteiger partial charge on any atom is 0.337 e. The normalized spacial score (nSPS) is 26.6. The Morgan fingerprint density at radius 2 is 2.00 bits per heavy atom. The summed E-state index contributed by atoms with van der Waals surface area (Å²) in [5.41, 5.74) is 1.89. The van der Waals surface area contributed by atoms with Crippen LogP contribution in [0.15, 0.2) is 24.3 Å². The first-order valence-corrected chi connectivity index (χ1v) is 7.84. The molecule has 2 aliphatic heterocycles. The fourth-order valence-corrected chi connectivity index (χ4v) is 3.70. The molecule has 0 N–H and O–H groups in total. The molecule has 2 fully saturated rings. The Morgan fingerprint density at radius 3 is 2.71 bits per heavy atom. The van der Waals surface area contributed by atoms with Crippen LogP contribution in [-0.4, -0.2) is 54.6 Å². The zero-order valence-corrected chi connectivity index (χ0v) is 12.9. The molecule has 0 aromatic heterocycles. The third-order valence-electron chi connectivity index (χ3n) is 4.98. The zero-order chi connectivity index (χ0) is 14.8. The van der Waals surface area contributed by atoms with Crippen LogP contribution >= 0.6 is 0 Å². The van der Waals surface area contributed by atoms with Crippen molar-refractivity contribution in [3.8, 4) is 0 Å². The number of carbonyl (C=O) groups is 1. The predicted molar refractivity (Wildman–Crippen MR) is 82.2 cm³/mol. The highest BCUT2D eigenvalue weighted by atomic mass is 16.5. The van der Waals surface area contributed by atoms with Crippen molar-refractivity contribution in [1.29, 1.82) is 0 Å². The van der Waals surface area contributed by atoms with Gasteiger partial charge in [-0.3, -0.25) is 9.80 Å². The summed E-state index contributed by atoms with van der Waals surface area (Å²) in [6.07, 6.45) is 2.68. The number of hydrogen-bond acceptors (Lipinski definition) is 4. The van der Waals surface area contributed by atoms with Gasteiger partial charge in [-0.25, -0.2) is 4.79 Å². The van der Waals surface area contributed by atoms with E-state index in [4.69, 9.17) is 4.74 Å². The third-order valence-corrected chi connectivity index (χ3v) is 4.98. The van der Waals surface area contributed by atoms with Gasteiger partial charge in [0.1, 0.15) is 0 Å². The molecule has 0 radical (unpaired) electrons. The second-order valence-corrected chi connectivity index (χ2v) is 6.15. The van der Waals surface area contributed by atoms with E-state index < -0.39 is 0 Å². The summed E-state index contributed by atoms with van der Waals surface area (Å²) in [5.74, 6) is -0.269. The summed E-state index contributed by atoms with van der Waals surface area (Å²) in [5, 5.41) is 0. The van der Waals surface area contributed by atoms with Gasteiger partial charge in [0.05, 0.1) is 12.7 Å². The first kappa shape index (κ1) is 14.5. The summed E-state index contributed by atoms with van der Waals surface area (Å²) in [6.45, 7) is 6.92. The molecule has 2 saturated heterocycles. The molecule has 1 aromatic rings. The minimum Gasteiger partial charge on any atom is -0.465 e. The molecule has 0 aliphatic carbocycles. The summed E-state index contributed by atoms with van der Waals surface area (Å²) in [6, 6.07) is 9.14. The van der Waals surface area contributed by atoms with Gasteiger partial charge in [0.25, 0.3) is 0 Å². The van der Waals surface area contributed by atoms with E-state index in [0.717, 1.165) is 19.1 Å². The lowest BCUT2D eigenvalue weighted by atomic mass is 10.0. The van der Waals surface area contributed by atoms with Crippen LogP contribution in [-0.2, 0) is 11.3 Å². The van der Waals surface area contributed by atoms with Crippen molar-refractivity contribution in [2.24, 2.45) is 0 Å². The Kier molecular flexibility index (Phi) is 4.27. The Labute approximate surface area is 126 Å². The molecule has 0 unspecified atom stereocenters. The topological polar surface area (TPSA) is 32.8 Å². The van der Waals surface area contributed by atoms with Gasteiger partial charge in [-0.2, -0.15) is 0 Å². The number of rotatable bonds is 3. The SMILES string of the molecule is COC(=O)c1ccc(CN2CCN3CCC[C@@H]3[C@H]2C)cc1. The highest BCUT2D eigenvalue weighted by Gasteiger charge is 2.36. The van der Waals surface area contributed by atoms with Crippen LogP contribution in [0.3, 0.4) is 0 Å². The average molecular weight is 288 g/mol. The van der Waals surface area contributed by atoms with Crippen LogP contribution in [0.4, 0.5) is 0 Å². The van der Waals surface area contributed by atoms with Crippen LogP contribution in [0.25, 0.3) is 0 Å². The fraction of sp³-hybridized carbons (Fsp3) is 0.588. The number of ether oxygens (including phenoxy) is 1. The maximum atomic E-state index is 11.5. The van der Waals surface area contributed by atoms with Gasteiger partial charge in [-0.05, 0) is 44.0 Å². The summed E-state index contributed by atoms with van der Waals surface area (Å²) in [4.78, 5) is 16.7. The standard InChI is InChI=1S/C17H24N2O2/c1-13-16-4-3-9-18(16)10-11-19(13)12-14-5-7-15(8-6-14)17(20)21-2/h5-8,13,16H,3-4,9-12H2,1-2H3/t13-,16-/m1/s1. The predicted octanol–water partition coefficient (Wildman–Crippen LogP) is 2.14. The number of fused-ring (bicyclic) bond motifs is 1. The Bertz CT molecular complexity index is 500. The lowest BCUT2D eigenvalue weighted by Gasteiger charge is -2.43. The Balaban J connectivity index is 1.65. The Hall–Kier alpha value is -1.39. The van der Waals surface area contributed by atoms with Gasteiger partial charge in [-0.15, -0.1) is 0 Å². The number of benzene rings is 1. The molecule has 2 atom stereocenters. The minimum atomic E-state index is -0.269. The summed E-state index contributed by atoms with van der Waals surface area (Å²) >= 11 is 0. The highest BCUT2D eigenvalue weighted by Crippen LogP contribution is 2.27. The molecular formula is C17H24N2O2. The van der Waals surface area contributed by atoms with Crippen LogP contribution in [0, 0.1) is 0 Å². The van der Waals surface area contributed by atoms with Crippen molar-refractivity contribution in [1.82, 2.24) is 9.80 Å². The largest absolute Gasteiger partial charge is 0.465 e. The molecule has 21 heavy (non-hydrogen) atoms. The molecule has 0 bridgehead atoms. The highest BCUT2D eigenvalue weighted by molar-refractivity contribution is 5.89. The van der Waals surface area contributed by atoms with Crippen molar-refractivity contribution in [2.45, 2.75) is 38.4 Å². The third kappa shape index (κ3) is 2.97. The zero-order valence-electron chi connectivity index (χ0n) is 12.9. The molecule has 0 saturated carbocycles. The number of methoxy groups -OCH3 is 1. The van der Waals surface area contributed by atoms with E-state index in [2.05, 4.69) is 16.7 Å². The number of nitrogens with zero attached hydrogens (tertiary/aromatic N) is 2. The molecular weight excluding hydrogens is 264 g/mol. The number of piperazine rings is 1. The van der Waals surface area contributed by atoms with Gasteiger partial charge in [0.2, 0.25) is 0 Å². The molecule has 0 spiro atoms. The molecule has 2 aliphatic rings. The lowest BCUT2D eigenvalue weighted by Crippen LogP contribution is -2.55. The number of esters is 1. The fourth-order valence-electron chi connectivity index (χ4n) is 3.70. The van der Waals surface area contributed by atoms with E-state index in [0.29, 0.717) is 11.6 Å². The van der Waals surface area contributed by atoms with Gasteiger partial charge < -0.3 is 4.74 Å². The van der Waals surface area contributed by atoms with Gasteiger partial charge in [-0.1, -0.05) is 12.1 Å². The van der Waals surface area contributed by atoms with E-state index in [1.807, 2.05) is 24.3 Å². The summed E-state index contributed by atoms with van der Waals surface area (Å²) < 4.78 is 4.74. The average Bonchev–Trinajstić information content (AvgIpc) is 2.99. The van der Waals surface area contributed by atoms with E-state index in [-0.39, 0.29) is 5.97 Å². The van der Waals surface area contributed by atoms with Crippen LogP contribution in [0.2, 0.25) is 0 Å². The second-order valence-electron chi connectivity index (χ2n) is 6.15. The monoisotopic (exact) mass is 288 g/mol. The second kappa shape index (κ2) is 6.16. The molecule has 0 amide bonds.